The van der Waals surface area contributed by atoms with Crippen molar-refractivity contribution >= 4 is 11.4 Å². The van der Waals surface area contributed by atoms with E-state index in [1.807, 2.05) is 18.2 Å². The number of terminal acetylenes is 1. The molecule has 1 heterocycles. The number of fused-ring (bicyclic) bond motifs is 1. The fourth-order valence-electron chi connectivity index (χ4n) is 1.99. The van der Waals surface area contributed by atoms with Crippen LogP contribution in [0, 0.1) is 12.3 Å². The van der Waals surface area contributed by atoms with Gasteiger partial charge in [0.2, 0.25) is 0 Å². The van der Waals surface area contributed by atoms with Crippen LogP contribution < -0.4 is 15.4 Å². The summed E-state index contributed by atoms with van der Waals surface area (Å²) in [4.78, 5) is 2.11. The first-order valence-corrected chi connectivity index (χ1v) is 5.49. The van der Waals surface area contributed by atoms with E-state index in [0.717, 1.165) is 30.1 Å². The van der Waals surface area contributed by atoms with Crippen molar-refractivity contribution in [2.75, 3.05) is 23.7 Å². The molecule has 1 aliphatic heterocycles. The summed E-state index contributed by atoms with van der Waals surface area (Å²) in [7, 11) is 0. The van der Waals surface area contributed by atoms with Crippen LogP contribution in [0.15, 0.2) is 18.2 Å². The molecule has 0 saturated heterocycles. The fraction of sp³-hybridized carbons (Fsp3) is 0.385. The summed E-state index contributed by atoms with van der Waals surface area (Å²) in [5.41, 5.74) is 7.62. The maximum atomic E-state index is 5.96. The van der Waals surface area contributed by atoms with Crippen LogP contribution in [-0.4, -0.2) is 19.2 Å². The van der Waals surface area contributed by atoms with Crippen LogP contribution in [0.25, 0.3) is 0 Å². The molecule has 0 aromatic heterocycles. The lowest BCUT2D eigenvalue weighted by atomic mass is 10.1. The Kier molecular flexibility index (Phi) is 2.91. The van der Waals surface area contributed by atoms with Crippen LogP contribution >= 0.6 is 0 Å². The molecule has 16 heavy (non-hydrogen) atoms. The van der Waals surface area contributed by atoms with Gasteiger partial charge in [-0.3, -0.25) is 0 Å². The molecule has 0 fully saturated rings. The Hall–Kier alpha value is -1.82. The standard InChI is InChI=1S/C13H16N2O/c1-3-8-15-9-10(4-2)16-12-7-5-6-11(14)13(12)15/h1,5-7,10H,4,8-9,14H2,2H3. The van der Waals surface area contributed by atoms with E-state index < -0.39 is 0 Å². The van der Waals surface area contributed by atoms with Gasteiger partial charge >= 0.3 is 0 Å². The summed E-state index contributed by atoms with van der Waals surface area (Å²) in [6.45, 7) is 3.49. The number of ether oxygens (including phenoxy) is 1. The summed E-state index contributed by atoms with van der Waals surface area (Å²) in [5, 5.41) is 0. The van der Waals surface area contributed by atoms with Gasteiger partial charge in [-0.05, 0) is 18.6 Å². The average molecular weight is 216 g/mol. The molecule has 0 radical (unpaired) electrons. The topological polar surface area (TPSA) is 38.5 Å². The van der Waals surface area contributed by atoms with Gasteiger partial charge in [0.05, 0.1) is 18.8 Å². The van der Waals surface area contributed by atoms with E-state index in [1.54, 1.807) is 0 Å². The molecule has 2 rings (SSSR count). The Morgan fingerprint density at radius 3 is 3.12 bits per heavy atom. The third kappa shape index (κ3) is 1.79. The van der Waals surface area contributed by atoms with Crippen molar-refractivity contribution in [3.8, 4) is 18.1 Å². The van der Waals surface area contributed by atoms with Crippen LogP contribution in [-0.2, 0) is 0 Å². The first-order chi connectivity index (χ1) is 7.76. The van der Waals surface area contributed by atoms with E-state index in [1.165, 1.54) is 0 Å². The Morgan fingerprint density at radius 2 is 2.44 bits per heavy atom. The van der Waals surface area contributed by atoms with E-state index in [0.29, 0.717) is 6.54 Å². The molecule has 1 unspecified atom stereocenters. The van der Waals surface area contributed by atoms with Gasteiger partial charge < -0.3 is 15.4 Å². The van der Waals surface area contributed by atoms with E-state index in [9.17, 15) is 0 Å². The third-order valence-electron chi connectivity index (χ3n) is 2.80. The van der Waals surface area contributed by atoms with Crippen LogP contribution in [0.2, 0.25) is 0 Å². The highest BCUT2D eigenvalue weighted by molar-refractivity contribution is 5.76. The molecule has 1 atom stereocenters. The van der Waals surface area contributed by atoms with Crippen LogP contribution in [0.3, 0.4) is 0 Å². The largest absolute Gasteiger partial charge is 0.486 e. The van der Waals surface area contributed by atoms with Crippen molar-refractivity contribution < 1.29 is 4.74 Å². The van der Waals surface area contributed by atoms with Gasteiger partial charge in [0, 0.05) is 0 Å². The second-order valence-electron chi connectivity index (χ2n) is 3.93. The lowest BCUT2D eigenvalue weighted by molar-refractivity contribution is 0.191. The molecule has 2 N–H and O–H groups in total. The predicted molar refractivity (Wildman–Crippen MR) is 66.6 cm³/mol. The van der Waals surface area contributed by atoms with Crippen molar-refractivity contribution in [2.24, 2.45) is 0 Å². The molecule has 0 amide bonds. The zero-order valence-corrected chi connectivity index (χ0v) is 9.44. The summed E-state index contributed by atoms with van der Waals surface area (Å²) >= 11 is 0. The number of hydrogen-bond acceptors (Lipinski definition) is 3. The molecule has 0 bridgehead atoms. The van der Waals surface area contributed by atoms with Crippen molar-refractivity contribution in [3.63, 3.8) is 0 Å². The van der Waals surface area contributed by atoms with Gasteiger partial charge in [0.15, 0.2) is 0 Å². The average Bonchev–Trinajstić information content (AvgIpc) is 2.29. The second-order valence-corrected chi connectivity index (χ2v) is 3.93. The van der Waals surface area contributed by atoms with Crippen LogP contribution in [0.5, 0.6) is 5.75 Å². The highest BCUT2D eigenvalue weighted by Gasteiger charge is 2.25. The zero-order chi connectivity index (χ0) is 11.5. The number of nitrogens with zero attached hydrogens (tertiary/aromatic N) is 1. The van der Waals surface area contributed by atoms with E-state index >= 15 is 0 Å². The SMILES string of the molecule is C#CCN1CC(CC)Oc2cccc(N)c21. The number of nitrogens with two attached hydrogens (primary N) is 1. The Balaban J connectivity index is 2.39. The summed E-state index contributed by atoms with van der Waals surface area (Å²) in [6.07, 6.45) is 6.54. The van der Waals surface area contributed by atoms with Crippen molar-refractivity contribution in [3.05, 3.63) is 18.2 Å². The van der Waals surface area contributed by atoms with Gasteiger partial charge in [0.1, 0.15) is 17.5 Å². The predicted octanol–water partition coefficient (Wildman–Crippen LogP) is 1.88. The lowest BCUT2D eigenvalue weighted by Gasteiger charge is -2.35. The first-order valence-electron chi connectivity index (χ1n) is 5.49. The van der Waals surface area contributed by atoms with E-state index in [-0.39, 0.29) is 6.10 Å². The fourth-order valence-corrected chi connectivity index (χ4v) is 1.99. The molecular weight excluding hydrogens is 200 g/mol. The molecule has 0 spiro atoms. The smallest absolute Gasteiger partial charge is 0.145 e. The van der Waals surface area contributed by atoms with Gasteiger partial charge in [-0.25, -0.2) is 0 Å². The quantitative estimate of drug-likeness (QED) is 0.606. The minimum absolute atomic E-state index is 0.197. The summed E-state index contributed by atoms with van der Waals surface area (Å²) < 4.78 is 5.85. The number of nitrogen functional groups attached to an aromatic ring is 1. The monoisotopic (exact) mass is 216 g/mol. The van der Waals surface area contributed by atoms with Crippen LogP contribution in [0.1, 0.15) is 13.3 Å². The molecule has 0 saturated carbocycles. The number of benzene rings is 1. The molecule has 1 aromatic carbocycles. The van der Waals surface area contributed by atoms with Gasteiger partial charge in [0.25, 0.3) is 0 Å². The highest BCUT2D eigenvalue weighted by atomic mass is 16.5. The third-order valence-corrected chi connectivity index (χ3v) is 2.80. The highest BCUT2D eigenvalue weighted by Crippen LogP contribution is 2.38. The van der Waals surface area contributed by atoms with Gasteiger partial charge in [-0.15, -0.1) is 6.42 Å². The Bertz CT molecular complexity index is 422. The molecule has 0 aliphatic carbocycles. The van der Waals surface area contributed by atoms with Gasteiger partial charge in [-0.2, -0.15) is 0 Å². The van der Waals surface area contributed by atoms with E-state index in [2.05, 4.69) is 17.7 Å². The second kappa shape index (κ2) is 4.36. The molecule has 1 aromatic rings. The maximum absolute atomic E-state index is 5.96. The summed E-state index contributed by atoms with van der Waals surface area (Å²) in [5.74, 6) is 3.51. The number of anilines is 2. The van der Waals surface area contributed by atoms with Crippen molar-refractivity contribution in [1.29, 1.82) is 0 Å². The normalized spacial score (nSPS) is 18.5. The molecule has 3 heteroatoms. The molecule has 3 nitrogen and oxygen atoms in total. The minimum Gasteiger partial charge on any atom is -0.486 e. The molecule has 1 aliphatic rings. The maximum Gasteiger partial charge on any atom is 0.145 e. The number of para-hydroxylation sites is 1. The first kappa shape index (κ1) is 10.7. The van der Waals surface area contributed by atoms with E-state index in [4.69, 9.17) is 16.9 Å². The van der Waals surface area contributed by atoms with Crippen LogP contribution in [0.4, 0.5) is 11.4 Å². The number of hydrogen-bond donors (Lipinski definition) is 1. The zero-order valence-electron chi connectivity index (χ0n) is 9.44. The Labute approximate surface area is 96.2 Å². The van der Waals surface area contributed by atoms with Crippen molar-refractivity contribution in [2.45, 2.75) is 19.4 Å². The molecular formula is C13H16N2O. The lowest BCUT2D eigenvalue weighted by Crippen LogP contribution is -2.40. The summed E-state index contributed by atoms with van der Waals surface area (Å²) in [6, 6.07) is 5.72. The minimum atomic E-state index is 0.197. The van der Waals surface area contributed by atoms with Crippen molar-refractivity contribution in [1.82, 2.24) is 0 Å². The molecule has 84 valence electrons. The number of rotatable bonds is 2. The Morgan fingerprint density at radius 1 is 1.62 bits per heavy atom. The van der Waals surface area contributed by atoms with Gasteiger partial charge in [-0.1, -0.05) is 18.9 Å².